The minimum absolute atomic E-state index is 0.163. The van der Waals surface area contributed by atoms with E-state index >= 15 is 0 Å². The molecule has 96 valence electrons. The zero-order chi connectivity index (χ0) is 12.8. The second kappa shape index (κ2) is 5.99. The molecule has 2 N–H and O–H groups in total. The van der Waals surface area contributed by atoms with Gasteiger partial charge in [0.15, 0.2) is 0 Å². The van der Waals surface area contributed by atoms with Crippen molar-refractivity contribution in [1.82, 2.24) is 5.32 Å². The van der Waals surface area contributed by atoms with Crippen molar-refractivity contribution in [3.8, 4) is 6.07 Å². The number of fused-ring (bicyclic) bond motifs is 1. The van der Waals surface area contributed by atoms with Crippen molar-refractivity contribution in [2.45, 2.75) is 37.6 Å². The lowest BCUT2D eigenvalue weighted by Crippen LogP contribution is -2.42. The summed E-state index contributed by atoms with van der Waals surface area (Å²) in [7, 11) is 0. The summed E-state index contributed by atoms with van der Waals surface area (Å²) >= 11 is 0. The summed E-state index contributed by atoms with van der Waals surface area (Å²) in [5.41, 5.74) is 1.85. The molecule has 0 spiro atoms. The summed E-state index contributed by atoms with van der Waals surface area (Å²) in [6, 6.07) is 10.7. The van der Waals surface area contributed by atoms with Crippen LogP contribution in [-0.2, 0) is 12.0 Å². The van der Waals surface area contributed by atoms with E-state index in [1.54, 1.807) is 0 Å². The van der Waals surface area contributed by atoms with E-state index in [1.165, 1.54) is 5.56 Å². The van der Waals surface area contributed by atoms with Crippen molar-refractivity contribution >= 4 is 0 Å². The number of aliphatic hydroxyl groups is 1. The lowest BCUT2D eigenvalue weighted by molar-refractivity contribution is 0.275. The summed E-state index contributed by atoms with van der Waals surface area (Å²) in [5, 5.41) is 21.9. The van der Waals surface area contributed by atoms with Crippen molar-refractivity contribution in [3.63, 3.8) is 0 Å². The third kappa shape index (κ3) is 2.55. The van der Waals surface area contributed by atoms with E-state index in [4.69, 9.17) is 5.11 Å². The highest BCUT2D eigenvalue weighted by atomic mass is 16.3. The van der Waals surface area contributed by atoms with Crippen LogP contribution >= 0.6 is 0 Å². The normalized spacial score (nSPS) is 22.9. The number of hydrogen-bond acceptors (Lipinski definition) is 3. The molecular weight excluding hydrogens is 224 g/mol. The Morgan fingerprint density at radius 2 is 2.17 bits per heavy atom. The van der Waals surface area contributed by atoms with Crippen LogP contribution in [0.4, 0.5) is 0 Å². The Bertz CT molecular complexity index is 438. The number of nitrogens with zero attached hydrogens (tertiary/aromatic N) is 1. The van der Waals surface area contributed by atoms with Gasteiger partial charge in [-0.3, -0.25) is 5.32 Å². The smallest absolute Gasteiger partial charge is 0.132 e. The van der Waals surface area contributed by atoms with Crippen LogP contribution in [0.1, 0.15) is 36.8 Å². The van der Waals surface area contributed by atoms with Crippen molar-refractivity contribution in [2.24, 2.45) is 0 Å². The highest BCUT2D eigenvalue weighted by molar-refractivity contribution is 5.39. The highest BCUT2D eigenvalue weighted by Gasteiger charge is 2.34. The van der Waals surface area contributed by atoms with Gasteiger partial charge >= 0.3 is 0 Å². The van der Waals surface area contributed by atoms with Crippen LogP contribution in [0.25, 0.3) is 0 Å². The van der Waals surface area contributed by atoms with E-state index in [0.29, 0.717) is 13.0 Å². The van der Waals surface area contributed by atoms with Crippen molar-refractivity contribution in [2.75, 3.05) is 13.2 Å². The SMILES string of the molecule is N#CC1(NCCCO)CCCCc2ccccc21. The average Bonchev–Trinajstić information content (AvgIpc) is 2.60. The minimum Gasteiger partial charge on any atom is -0.396 e. The molecule has 0 saturated heterocycles. The molecule has 1 unspecified atom stereocenters. The van der Waals surface area contributed by atoms with E-state index < -0.39 is 5.54 Å². The number of aryl methyl sites for hydroxylation is 1. The van der Waals surface area contributed by atoms with Gasteiger partial charge in [-0.05, 0) is 49.8 Å². The molecule has 0 fully saturated rings. The Morgan fingerprint density at radius 1 is 1.33 bits per heavy atom. The first-order chi connectivity index (χ1) is 8.82. The van der Waals surface area contributed by atoms with Gasteiger partial charge in [0, 0.05) is 6.61 Å². The Morgan fingerprint density at radius 3 is 2.94 bits per heavy atom. The standard InChI is InChI=1S/C15H20N2O/c16-12-15(17-10-5-11-18)9-4-3-7-13-6-1-2-8-14(13)15/h1-2,6,8,17-18H,3-5,7,9-11H2. The predicted molar refractivity (Wildman–Crippen MR) is 71.0 cm³/mol. The summed E-state index contributed by atoms with van der Waals surface area (Å²) in [5.74, 6) is 0. The monoisotopic (exact) mass is 244 g/mol. The first kappa shape index (κ1) is 13.1. The first-order valence-electron chi connectivity index (χ1n) is 6.68. The number of rotatable bonds is 4. The molecule has 0 radical (unpaired) electrons. The van der Waals surface area contributed by atoms with Gasteiger partial charge in [0.05, 0.1) is 6.07 Å². The zero-order valence-corrected chi connectivity index (χ0v) is 10.7. The summed E-state index contributed by atoms with van der Waals surface area (Å²) in [6.07, 6.45) is 4.80. The zero-order valence-electron chi connectivity index (χ0n) is 10.7. The molecule has 1 aromatic carbocycles. The molecule has 2 rings (SSSR count). The molecule has 1 aliphatic rings. The molecule has 3 nitrogen and oxygen atoms in total. The topological polar surface area (TPSA) is 56.0 Å². The molecular formula is C15H20N2O. The van der Waals surface area contributed by atoms with Crippen LogP contribution in [-0.4, -0.2) is 18.3 Å². The van der Waals surface area contributed by atoms with Gasteiger partial charge in [-0.2, -0.15) is 5.26 Å². The van der Waals surface area contributed by atoms with E-state index in [0.717, 1.165) is 31.2 Å². The van der Waals surface area contributed by atoms with Gasteiger partial charge in [-0.15, -0.1) is 0 Å². The molecule has 0 bridgehead atoms. The Hall–Kier alpha value is -1.37. The summed E-state index contributed by atoms with van der Waals surface area (Å²) in [4.78, 5) is 0. The fourth-order valence-corrected chi connectivity index (χ4v) is 2.72. The van der Waals surface area contributed by atoms with Gasteiger partial charge in [0.2, 0.25) is 0 Å². The largest absolute Gasteiger partial charge is 0.396 e. The summed E-state index contributed by atoms with van der Waals surface area (Å²) in [6.45, 7) is 0.842. The van der Waals surface area contributed by atoms with Crippen LogP contribution < -0.4 is 5.32 Å². The minimum atomic E-state index is -0.567. The molecule has 0 aromatic heterocycles. The lowest BCUT2D eigenvalue weighted by atomic mass is 9.85. The number of aliphatic hydroxyl groups excluding tert-OH is 1. The molecule has 1 aromatic rings. The molecule has 0 aliphatic heterocycles. The summed E-state index contributed by atoms with van der Waals surface area (Å²) < 4.78 is 0. The average molecular weight is 244 g/mol. The van der Waals surface area contributed by atoms with Gasteiger partial charge in [-0.1, -0.05) is 24.3 Å². The molecule has 18 heavy (non-hydrogen) atoms. The maximum atomic E-state index is 9.64. The second-order valence-corrected chi connectivity index (χ2v) is 4.89. The van der Waals surface area contributed by atoms with Crippen molar-refractivity contribution in [1.29, 1.82) is 5.26 Å². The molecule has 0 saturated carbocycles. The van der Waals surface area contributed by atoms with Crippen LogP contribution in [0.5, 0.6) is 0 Å². The van der Waals surface area contributed by atoms with E-state index in [9.17, 15) is 5.26 Å². The van der Waals surface area contributed by atoms with E-state index in [1.807, 2.05) is 12.1 Å². The maximum absolute atomic E-state index is 9.64. The lowest BCUT2D eigenvalue weighted by Gasteiger charge is -2.28. The number of benzene rings is 1. The fraction of sp³-hybridized carbons (Fsp3) is 0.533. The van der Waals surface area contributed by atoms with Crippen LogP contribution in [0.2, 0.25) is 0 Å². The van der Waals surface area contributed by atoms with Gasteiger partial charge in [0.1, 0.15) is 5.54 Å². The Labute approximate surface area is 108 Å². The second-order valence-electron chi connectivity index (χ2n) is 4.89. The maximum Gasteiger partial charge on any atom is 0.132 e. The highest BCUT2D eigenvalue weighted by Crippen LogP contribution is 2.33. The van der Waals surface area contributed by atoms with Crippen LogP contribution in [0.15, 0.2) is 24.3 Å². The van der Waals surface area contributed by atoms with Gasteiger partial charge < -0.3 is 5.11 Å². The van der Waals surface area contributed by atoms with Gasteiger partial charge in [-0.25, -0.2) is 0 Å². The van der Waals surface area contributed by atoms with Crippen LogP contribution in [0, 0.1) is 11.3 Å². The van der Waals surface area contributed by atoms with Crippen LogP contribution in [0.3, 0.4) is 0 Å². The third-order valence-electron chi connectivity index (χ3n) is 3.68. The van der Waals surface area contributed by atoms with E-state index in [-0.39, 0.29) is 6.61 Å². The molecule has 1 aliphatic carbocycles. The number of hydrogen-bond donors (Lipinski definition) is 2. The molecule has 1 atom stereocenters. The fourth-order valence-electron chi connectivity index (χ4n) is 2.72. The van der Waals surface area contributed by atoms with Gasteiger partial charge in [0.25, 0.3) is 0 Å². The predicted octanol–water partition coefficient (Wildman–Crippen LogP) is 2.10. The first-order valence-corrected chi connectivity index (χ1v) is 6.68. The third-order valence-corrected chi connectivity index (χ3v) is 3.68. The Kier molecular flexibility index (Phi) is 4.35. The van der Waals surface area contributed by atoms with Crippen molar-refractivity contribution < 1.29 is 5.11 Å². The number of nitriles is 1. The molecule has 0 amide bonds. The molecule has 0 heterocycles. The Balaban J connectivity index is 2.31. The quantitative estimate of drug-likeness (QED) is 0.630. The number of nitrogens with one attached hydrogen (secondary N) is 1. The van der Waals surface area contributed by atoms with Crippen molar-refractivity contribution in [3.05, 3.63) is 35.4 Å². The molecule has 3 heteroatoms. The van der Waals surface area contributed by atoms with E-state index in [2.05, 4.69) is 23.5 Å².